The standard InChI is InChI=1S/C15H22N2O3S/c1-11-6-7-14(12(2)16-11)15(18)9-13-5-4-8-17(10-13)21(3,19)20/h6-7,13H,4-5,8-10H2,1-3H3. The zero-order valence-electron chi connectivity index (χ0n) is 12.8. The van der Waals surface area contributed by atoms with Gasteiger partial charge in [-0.2, -0.15) is 0 Å². The van der Waals surface area contributed by atoms with E-state index in [0.29, 0.717) is 25.1 Å². The topological polar surface area (TPSA) is 67.3 Å². The average Bonchev–Trinajstić information content (AvgIpc) is 2.37. The molecule has 0 aromatic carbocycles. The zero-order valence-corrected chi connectivity index (χ0v) is 13.6. The molecule has 5 nitrogen and oxygen atoms in total. The molecule has 1 unspecified atom stereocenters. The van der Waals surface area contributed by atoms with Crippen molar-refractivity contribution < 1.29 is 13.2 Å². The summed E-state index contributed by atoms with van der Waals surface area (Å²) in [6.45, 7) is 4.74. The Morgan fingerprint density at radius 3 is 2.71 bits per heavy atom. The van der Waals surface area contributed by atoms with Crippen LogP contribution in [0, 0.1) is 19.8 Å². The van der Waals surface area contributed by atoms with Crippen LogP contribution in [0.1, 0.15) is 41.0 Å². The summed E-state index contributed by atoms with van der Waals surface area (Å²) in [5, 5.41) is 0. The maximum absolute atomic E-state index is 12.4. The third-order valence-corrected chi connectivity index (χ3v) is 5.22. The minimum atomic E-state index is -3.16. The molecule has 116 valence electrons. The molecule has 0 radical (unpaired) electrons. The molecular weight excluding hydrogens is 288 g/mol. The molecule has 1 aromatic rings. The molecule has 1 aromatic heterocycles. The van der Waals surface area contributed by atoms with E-state index in [4.69, 9.17) is 0 Å². The number of Topliss-reactive ketones (excluding diaryl/α,β-unsaturated/α-hetero) is 1. The van der Waals surface area contributed by atoms with Crippen molar-refractivity contribution in [2.45, 2.75) is 33.1 Å². The summed E-state index contributed by atoms with van der Waals surface area (Å²) in [7, 11) is -3.16. The smallest absolute Gasteiger partial charge is 0.211 e. The highest BCUT2D eigenvalue weighted by Gasteiger charge is 2.27. The van der Waals surface area contributed by atoms with Gasteiger partial charge in [-0.05, 0) is 44.7 Å². The van der Waals surface area contributed by atoms with Crippen LogP contribution in [0.2, 0.25) is 0 Å². The van der Waals surface area contributed by atoms with Gasteiger partial charge in [-0.3, -0.25) is 9.78 Å². The summed E-state index contributed by atoms with van der Waals surface area (Å²) in [4.78, 5) is 16.7. The molecule has 2 heterocycles. The number of pyridine rings is 1. The molecule has 1 saturated heterocycles. The van der Waals surface area contributed by atoms with Crippen molar-refractivity contribution in [3.63, 3.8) is 0 Å². The first-order chi connectivity index (χ1) is 9.77. The van der Waals surface area contributed by atoms with Gasteiger partial charge >= 0.3 is 0 Å². The highest BCUT2D eigenvalue weighted by molar-refractivity contribution is 7.88. The Bertz CT molecular complexity index is 640. The Morgan fingerprint density at radius 1 is 1.38 bits per heavy atom. The fraction of sp³-hybridized carbons (Fsp3) is 0.600. The van der Waals surface area contributed by atoms with Crippen LogP contribution in [-0.4, -0.2) is 42.8 Å². The van der Waals surface area contributed by atoms with E-state index in [1.54, 1.807) is 0 Å². The lowest BCUT2D eigenvalue weighted by molar-refractivity contribution is 0.0941. The minimum Gasteiger partial charge on any atom is -0.294 e. The third-order valence-electron chi connectivity index (χ3n) is 3.95. The second-order valence-corrected chi connectivity index (χ2v) is 7.82. The predicted molar refractivity (Wildman–Crippen MR) is 81.8 cm³/mol. The third kappa shape index (κ3) is 4.11. The fourth-order valence-electron chi connectivity index (χ4n) is 2.85. The molecule has 0 N–H and O–H groups in total. The molecule has 1 fully saturated rings. The van der Waals surface area contributed by atoms with Gasteiger partial charge in [0.05, 0.1) is 6.26 Å². The number of ketones is 1. The highest BCUT2D eigenvalue weighted by Crippen LogP contribution is 2.23. The van der Waals surface area contributed by atoms with Gasteiger partial charge in [-0.1, -0.05) is 0 Å². The van der Waals surface area contributed by atoms with Crippen LogP contribution in [0.25, 0.3) is 0 Å². The van der Waals surface area contributed by atoms with E-state index < -0.39 is 10.0 Å². The second kappa shape index (κ2) is 6.23. The first-order valence-electron chi connectivity index (χ1n) is 7.20. The van der Waals surface area contributed by atoms with Gasteiger partial charge in [0, 0.05) is 36.5 Å². The second-order valence-electron chi connectivity index (χ2n) is 5.84. The number of rotatable bonds is 4. The molecule has 2 rings (SSSR count). The van der Waals surface area contributed by atoms with Crippen molar-refractivity contribution in [3.8, 4) is 0 Å². The number of nitrogens with zero attached hydrogens (tertiary/aromatic N) is 2. The lowest BCUT2D eigenvalue weighted by Crippen LogP contribution is -2.39. The number of aromatic nitrogens is 1. The Morgan fingerprint density at radius 2 is 2.10 bits per heavy atom. The molecule has 1 aliphatic rings. The maximum Gasteiger partial charge on any atom is 0.211 e. The quantitative estimate of drug-likeness (QED) is 0.797. The fourth-order valence-corrected chi connectivity index (χ4v) is 3.79. The molecular formula is C15H22N2O3S. The Labute approximate surface area is 126 Å². The monoisotopic (exact) mass is 310 g/mol. The largest absolute Gasteiger partial charge is 0.294 e. The van der Waals surface area contributed by atoms with E-state index in [9.17, 15) is 13.2 Å². The van der Waals surface area contributed by atoms with Gasteiger partial charge < -0.3 is 0 Å². The highest BCUT2D eigenvalue weighted by atomic mass is 32.2. The van der Waals surface area contributed by atoms with E-state index in [2.05, 4.69) is 4.98 Å². The number of carbonyl (C=O) groups excluding carboxylic acids is 1. The number of aryl methyl sites for hydroxylation is 2. The molecule has 0 saturated carbocycles. The Balaban J connectivity index is 2.05. The number of hydrogen-bond acceptors (Lipinski definition) is 4. The van der Waals surface area contributed by atoms with Crippen LogP contribution < -0.4 is 0 Å². The number of piperidine rings is 1. The van der Waals surface area contributed by atoms with Crippen LogP contribution in [0.5, 0.6) is 0 Å². The molecule has 21 heavy (non-hydrogen) atoms. The molecule has 0 aliphatic carbocycles. The van der Waals surface area contributed by atoms with Crippen molar-refractivity contribution in [2.75, 3.05) is 19.3 Å². The van der Waals surface area contributed by atoms with Gasteiger partial charge in [0.25, 0.3) is 0 Å². The lowest BCUT2D eigenvalue weighted by Gasteiger charge is -2.30. The van der Waals surface area contributed by atoms with Crippen molar-refractivity contribution in [3.05, 3.63) is 29.1 Å². The van der Waals surface area contributed by atoms with E-state index >= 15 is 0 Å². The van der Waals surface area contributed by atoms with Gasteiger partial charge in [-0.15, -0.1) is 0 Å². The SMILES string of the molecule is Cc1ccc(C(=O)CC2CCCN(S(C)(=O)=O)C2)c(C)n1. The summed E-state index contributed by atoms with van der Waals surface area (Å²) in [5.74, 6) is 0.155. The predicted octanol–water partition coefficient (Wildman–Crippen LogP) is 1.94. The van der Waals surface area contributed by atoms with Gasteiger partial charge in [0.2, 0.25) is 10.0 Å². The van der Waals surface area contributed by atoms with Crippen LogP contribution in [0.3, 0.4) is 0 Å². The van der Waals surface area contributed by atoms with E-state index in [1.807, 2.05) is 26.0 Å². The van der Waals surface area contributed by atoms with Crippen molar-refractivity contribution in [1.82, 2.24) is 9.29 Å². The van der Waals surface area contributed by atoms with Gasteiger partial charge in [-0.25, -0.2) is 12.7 Å². The Kier molecular flexibility index (Phi) is 4.78. The molecule has 6 heteroatoms. The average molecular weight is 310 g/mol. The van der Waals surface area contributed by atoms with Crippen molar-refractivity contribution in [2.24, 2.45) is 5.92 Å². The lowest BCUT2D eigenvalue weighted by atomic mass is 9.91. The van der Waals surface area contributed by atoms with Crippen molar-refractivity contribution in [1.29, 1.82) is 0 Å². The Hall–Kier alpha value is -1.27. The summed E-state index contributed by atoms with van der Waals surface area (Å²) in [5.41, 5.74) is 2.29. The van der Waals surface area contributed by atoms with E-state index in [0.717, 1.165) is 24.2 Å². The van der Waals surface area contributed by atoms with E-state index in [1.165, 1.54) is 10.6 Å². The van der Waals surface area contributed by atoms with Crippen LogP contribution in [0.15, 0.2) is 12.1 Å². The molecule has 1 aliphatic heterocycles. The number of sulfonamides is 1. The summed E-state index contributed by atoms with van der Waals surface area (Å²) < 4.78 is 24.7. The number of hydrogen-bond donors (Lipinski definition) is 0. The van der Waals surface area contributed by atoms with Crippen LogP contribution in [-0.2, 0) is 10.0 Å². The molecule has 0 bridgehead atoms. The molecule has 0 amide bonds. The van der Waals surface area contributed by atoms with Crippen LogP contribution in [0.4, 0.5) is 0 Å². The summed E-state index contributed by atoms with van der Waals surface area (Å²) in [6, 6.07) is 3.65. The number of carbonyl (C=O) groups is 1. The van der Waals surface area contributed by atoms with Crippen LogP contribution >= 0.6 is 0 Å². The molecule has 0 spiro atoms. The minimum absolute atomic E-state index is 0.0559. The first kappa shape index (κ1) is 16.1. The normalized spacial score (nSPS) is 20.4. The maximum atomic E-state index is 12.4. The first-order valence-corrected chi connectivity index (χ1v) is 9.05. The zero-order chi connectivity index (χ0) is 15.6. The van der Waals surface area contributed by atoms with Gasteiger partial charge in [0.15, 0.2) is 5.78 Å². The van der Waals surface area contributed by atoms with Crippen molar-refractivity contribution >= 4 is 15.8 Å². The van der Waals surface area contributed by atoms with Gasteiger partial charge in [0.1, 0.15) is 0 Å². The summed E-state index contributed by atoms with van der Waals surface area (Å²) >= 11 is 0. The van der Waals surface area contributed by atoms with E-state index in [-0.39, 0.29) is 11.7 Å². The molecule has 1 atom stereocenters. The summed E-state index contributed by atoms with van der Waals surface area (Å²) in [6.07, 6.45) is 3.33.